The van der Waals surface area contributed by atoms with E-state index < -0.39 is 11.2 Å². The summed E-state index contributed by atoms with van der Waals surface area (Å²) in [5.41, 5.74) is 0.951. The summed E-state index contributed by atoms with van der Waals surface area (Å²) in [6, 6.07) is 20.3. The number of hydrogen-bond donors (Lipinski definition) is 0. The van der Waals surface area contributed by atoms with E-state index in [-0.39, 0.29) is 12.2 Å². The highest BCUT2D eigenvalue weighted by Crippen LogP contribution is 2.42. The number of rotatable bonds is 16. The number of ether oxygens (including phenoxy) is 5. The maximum Gasteiger partial charge on any atom is 0.118 e. The number of benzene rings is 2. The Bertz CT molecular complexity index is 804. The zero-order valence-electron chi connectivity index (χ0n) is 19.2. The van der Waals surface area contributed by atoms with Gasteiger partial charge in [0.2, 0.25) is 0 Å². The molecule has 0 aromatic heterocycles. The van der Waals surface area contributed by atoms with Gasteiger partial charge in [-0.15, -0.1) is 13.2 Å². The van der Waals surface area contributed by atoms with Crippen LogP contribution in [0, 0.1) is 0 Å². The Hall–Kier alpha value is -2.28. The molecule has 0 bridgehead atoms. The van der Waals surface area contributed by atoms with Crippen molar-refractivity contribution in [2.45, 2.75) is 49.5 Å². The van der Waals surface area contributed by atoms with Crippen molar-refractivity contribution in [3.05, 3.63) is 97.1 Å². The van der Waals surface area contributed by atoms with E-state index in [9.17, 15) is 0 Å². The normalized spacial score (nSPS) is 22.7. The van der Waals surface area contributed by atoms with Crippen LogP contribution in [0.2, 0.25) is 0 Å². The van der Waals surface area contributed by atoms with Gasteiger partial charge in [-0.3, -0.25) is 0 Å². The largest absolute Gasteiger partial charge is 0.377 e. The monoisotopic (exact) mass is 450 g/mol. The van der Waals surface area contributed by atoms with Gasteiger partial charge in [0.25, 0.3) is 0 Å². The van der Waals surface area contributed by atoms with Crippen LogP contribution in [0.1, 0.15) is 24.0 Å². The van der Waals surface area contributed by atoms with Crippen molar-refractivity contribution < 1.29 is 23.7 Å². The van der Waals surface area contributed by atoms with Crippen molar-refractivity contribution in [1.82, 2.24) is 0 Å². The van der Waals surface area contributed by atoms with Crippen LogP contribution in [0.25, 0.3) is 0 Å². The van der Waals surface area contributed by atoms with Gasteiger partial charge in [-0.2, -0.15) is 0 Å². The second-order valence-corrected chi connectivity index (χ2v) is 8.64. The van der Waals surface area contributed by atoms with Gasteiger partial charge in [-0.1, -0.05) is 72.8 Å². The number of epoxide rings is 2. The molecule has 4 unspecified atom stereocenters. The van der Waals surface area contributed by atoms with E-state index in [2.05, 4.69) is 37.4 Å². The van der Waals surface area contributed by atoms with Gasteiger partial charge in [-0.05, 0) is 11.1 Å². The quantitative estimate of drug-likeness (QED) is 0.208. The first-order valence-electron chi connectivity index (χ1n) is 11.6. The zero-order valence-corrected chi connectivity index (χ0v) is 19.2. The Morgan fingerprint density at radius 1 is 0.727 bits per heavy atom. The molecule has 4 rings (SSSR count). The van der Waals surface area contributed by atoms with Crippen LogP contribution in [-0.2, 0) is 36.9 Å². The van der Waals surface area contributed by atoms with Gasteiger partial charge in [0.1, 0.15) is 23.4 Å². The third-order valence-corrected chi connectivity index (χ3v) is 6.33. The average Bonchev–Trinajstić information content (AvgIpc) is 3.77. The predicted octanol–water partition coefficient (Wildman–Crippen LogP) is 4.86. The Balaban J connectivity index is 1.36. The van der Waals surface area contributed by atoms with Crippen LogP contribution >= 0.6 is 0 Å². The second-order valence-electron chi connectivity index (χ2n) is 8.64. The van der Waals surface area contributed by atoms with Gasteiger partial charge in [0, 0.05) is 12.8 Å². The highest BCUT2D eigenvalue weighted by atomic mass is 16.6. The molecule has 176 valence electrons. The van der Waals surface area contributed by atoms with Gasteiger partial charge >= 0.3 is 0 Å². The van der Waals surface area contributed by atoms with Crippen molar-refractivity contribution in [3.63, 3.8) is 0 Å². The van der Waals surface area contributed by atoms with E-state index >= 15 is 0 Å². The Morgan fingerprint density at radius 3 is 1.45 bits per heavy atom. The molecule has 2 heterocycles. The summed E-state index contributed by atoms with van der Waals surface area (Å²) in [4.78, 5) is 0. The molecule has 2 saturated heterocycles. The first kappa shape index (κ1) is 23.9. The molecule has 33 heavy (non-hydrogen) atoms. The van der Waals surface area contributed by atoms with Gasteiger partial charge < -0.3 is 23.7 Å². The lowest BCUT2D eigenvalue weighted by Crippen LogP contribution is -2.50. The highest BCUT2D eigenvalue weighted by Gasteiger charge is 2.55. The molecule has 5 nitrogen and oxygen atoms in total. The first-order chi connectivity index (χ1) is 16.2. The summed E-state index contributed by atoms with van der Waals surface area (Å²) < 4.78 is 30.1. The fourth-order valence-electron chi connectivity index (χ4n) is 4.11. The molecule has 2 aliphatic rings. The van der Waals surface area contributed by atoms with E-state index in [0.717, 1.165) is 11.1 Å². The summed E-state index contributed by atoms with van der Waals surface area (Å²) in [5.74, 6) is 0. The van der Waals surface area contributed by atoms with Crippen LogP contribution in [0.15, 0.2) is 86.0 Å². The van der Waals surface area contributed by atoms with Crippen LogP contribution in [0.5, 0.6) is 0 Å². The molecule has 4 atom stereocenters. The molecule has 0 spiro atoms. The van der Waals surface area contributed by atoms with Gasteiger partial charge in [-0.25, -0.2) is 0 Å². The molecule has 2 aromatic rings. The van der Waals surface area contributed by atoms with Crippen LogP contribution < -0.4 is 0 Å². The molecule has 0 saturated carbocycles. The lowest BCUT2D eigenvalue weighted by atomic mass is 9.90. The molecule has 0 aliphatic carbocycles. The van der Waals surface area contributed by atoms with Crippen LogP contribution in [0.3, 0.4) is 0 Å². The smallest absolute Gasteiger partial charge is 0.118 e. The minimum Gasteiger partial charge on any atom is -0.377 e. The maximum absolute atomic E-state index is 6.83. The van der Waals surface area contributed by atoms with Crippen molar-refractivity contribution in [2.75, 3.05) is 26.4 Å². The van der Waals surface area contributed by atoms with Crippen molar-refractivity contribution in [3.8, 4) is 0 Å². The van der Waals surface area contributed by atoms with E-state index in [1.807, 2.05) is 48.6 Å². The molecule has 0 N–H and O–H groups in total. The summed E-state index contributed by atoms with van der Waals surface area (Å²) in [6.45, 7) is 11.7. The minimum atomic E-state index is -0.670. The third kappa shape index (κ3) is 6.40. The molecule has 0 amide bonds. The predicted molar refractivity (Wildman–Crippen MR) is 128 cm³/mol. The van der Waals surface area contributed by atoms with Crippen molar-refractivity contribution in [2.24, 2.45) is 0 Å². The standard InChI is InChI=1S/C28H34O5/c1-3-27(25-21-31-25,15-17-29-19-23-11-7-5-8-12-23)33-28(4-2,26-22-32-26)16-18-30-20-24-13-9-6-10-14-24/h3-14,25-26H,1-2,15-22H2. The maximum atomic E-state index is 6.83. The van der Waals surface area contributed by atoms with E-state index in [4.69, 9.17) is 23.7 Å². The molecular formula is C28H34O5. The lowest BCUT2D eigenvalue weighted by Gasteiger charge is -2.40. The fraction of sp³-hybridized carbons (Fsp3) is 0.429. The molecule has 5 heteroatoms. The van der Waals surface area contributed by atoms with Crippen LogP contribution in [0.4, 0.5) is 0 Å². The molecule has 2 aliphatic heterocycles. The average molecular weight is 451 g/mol. The Labute approximate surface area is 197 Å². The van der Waals surface area contributed by atoms with E-state index in [0.29, 0.717) is 52.5 Å². The minimum absolute atomic E-state index is 0.0429. The summed E-state index contributed by atoms with van der Waals surface area (Å²) >= 11 is 0. The lowest BCUT2D eigenvalue weighted by molar-refractivity contribution is -0.148. The Morgan fingerprint density at radius 2 is 1.12 bits per heavy atom. The summed E-state index contributed by atoms with van der Waals surface area (Å²) in [6.07, 6.45) is 4.92. The zero-order chi connectivity index (χ0) is 23.0. The SMILES string of the molecule is C=CC(CCOCc1ccccc1)(OC(C=C)(CCOCc1ccccc1)C1CO1)C1CO1. The summed E-state index contributed by atoms with van der Waals surface area (Å²) in [7, 11) is 0. The highest BCUT2D eigenvalue weighted by molar-refractivity contribution is 5.17. The fourth-order valence-corrected chi connectivity index (χ4v) is 4.11. The molecule has 2 aromatic carbocycles. The topological polar surface area (TPSA) is 52.8 Å². The molecule has 0 radical (unpaired) electrons. The summed E-state index contributed by atoms with van der Waals surface area (Å²) in [5, 5.41) is 0. The Kier molecular flexibility index (Phi) is 8.12. The van der Waals surface area contributed by atoms with Gasteiger partial charge in [0.05, 0.1) is 39.6 Å². The van der Waals surface area contributed by atoms with E-state index in [1.165, 1.54) is 0 Å². The molecule has 2 fully saturated rings. The van der Waals surface area contributed by atoms with Gasteiger partial charge in [0.15, 0.2) is 0 Å². The molecular weight excluding hydrogens is 416 g/mol. The van der Waals surface area contributed by atoms with Crippen molar-refractivity contribution in [1.29, 1.82) is 0 Å². The third-order valence-electron chi connectivity index (χ3n) is 6.33. The van der Waals surface area contributed by atoms with Crippen molar-refractivity contribution >= 4 is 0 Å². The number of hydrogen-bond acceptors (Lipinski definition) is 5. The second kappa shape index (κ2) is 11.2. The van der Waals surface area contributed by atoms with E-state index in [1.54, 1.807) is 0 Å². The first-order valence-corrected chi connectivity index (χ1v) is 11.6. The van der Waals surface area contributed by atoms with Crippen LogP contribution in [-0.4, -0.2) is 49.8 Å².